The molecule has 0 saturated heterocycles. The fraction of sp³-hybridized carbons (Fsp3) is 0.238. The molecule has 0 bridgehead atoms. The maximum atomic E-state index is 12.7. The first kappa shape index (κ1) is 21.0. The topological polar surface area (TPSA) is 110 Å². The maximum absolute atomic E-state index is 12.7. The standard InChI is InChI=1S/C21H21BrN6O3/c1-31-10-9-28-8-2-3-17(20(28)30)26-19-15(22)12-23-21(27-19)24-14-5-6-16-13(11-14)4-7-18(29)25-16/h2-3,5-6,8,11-12H,4,7,9-10H2,1H3,(H,25,29)(H2,23,24,26,27). The number of halogens is 1. The van der Waals surface area contributed by atoms with E-state index in [0.717, 1.165) is 16.9 Å². The maximum Gasteiger partial charge on any atom is 0.274 e. The monoisotopic (exact) mass is 484 g/mol. The van der Waals surface area contributed by atoms with Crippen LogP contribution in [0.15, 0.2) is 52.0 Å². The number of amides is 1. The summed E-state index contributed by atoms with van der Waals surface area (Å²) in [6.45, 7) is 0.903. The van der Waals surface area contributed by atoms with E-state index in [1.807, 2.05) is 18.2 Å². The number of rotatable bonds is 7. The number of carbonyl (C=O) groups excluding carboxylic acids is 1. The summed E-state index contributed by atoms with van der Waals surface area (Å²) >= 11 is 3.43. The molecule has 3 heterocycles. The lowest BCUT2D eigenvalue weighted by Gasteiger charge is -2.18. The highest BCUT2D eigenvalue weighted by Crippen LogP contribution is 2.28. The highest BCUT2D eigenvalue weighted by atomic mass is 79.9. The number of pyridine rings is 1. The number of anilines is 5. The lowest BCUT2D eigenvalue weighted by molar-refractivity contribution is -0.116. The van der Waals surface area contributed by atoms with Gasteiger partial charge in [-0.15, -0.1) is 0 Å². The van der Waals surface area contributed by atoms with Gasteiger partial charge in [0.05, 0.1) is 11.1 Å². The van der Waals surface area contributed by atoms with Crippen LogP contribution in [-0.4, -0.2) is 34.2 Å². The number of benzene rings is 1. The molecular formula is C21H21BrN6O3. The van der Waals surface area contributed by atoms with Gasteiger partial charge in [-0.3, -0.25) is 9.59 Å². The van der Waals surface area contributed by atoms with E-state index in [1.54, 1.807) is 36.2 Å². The molecule has 0 spiro atoms. The third kappa shape index (κ3) is 4.92. The summed E-state index contributed by atoms with van der Waals surface area (Å²) in [6, 6.07) is 9.18. The van der Waals surface area contributed by atoms with Crippen molar-refractivity contribution in [3.8, 4) is 0 Å². The Morgan fingerprint density at radius 1 is 1.23 bits per heavy atom. The van der Waals surface area contributed by atoms with Crippen molar-refractivity contribution in [1.29, 1.82) is 0 Å². The molecular weight excluding hydrogens is 464 g/mol. The van der Waals surface area contributed by atoms with Gasteiger partial charge in [0, 0.05) is 43.8 Å². The SMILES string of the molecule is COCCn1cccc(Nc2nc(Nc3ccc4c(c3)CCC(=O)N4)ncc2Br)c1=O. The van der Waals surface area contributed by atoms with Gasteiger partial charge >= 0.3 is 0 Å². The van der Waals surface area contributed by atoms with Crippen LogP contribution in [0.2, 0.25) is 0 Å². The van der Waals surface area contributed by atoms with Crippen LogP contribution in [0.4, 0.5) is 28.8 Å². The molecule has 1 aliphatic heterocycles. The molecule has 0 saturated carbocycles. The van der Waals surface area contributed by atoms with Gasteiger partial charge in [0.1, 0.15) is 5.69 Å². The fourth-order valence-corrected chi connectivity index (χ4v) is 3.52. The van der Waals surface area contributed by atoms with Crippen LogP contribution in [0.3, 0.4) is 0 Å². The van der Waals surface area contributed by atoms with Gasteiger partial charge < -0.3 is 25.3 Å². The summed E-state index contributed by atoms with van der Waals surface area (Å²) in [4.78, 5) is 33.0. The molecule has 160 valence electrons. The molecule has 1 aromatic carbocycles. The van der Waals surface area contributed by atoms with Gasteiger partial charge in [-0.2, -0.15) is 4.98 Å². The molecule has 1 amide bonds. The Hall–Kier alpha value is -3.24. The van der Waals surface area contributed by atoms with E-state index in [1.165, 1.54) is 0 Å². The Bertz CT molecular complexity index is 1180. The largest absolute Gasteiger partial charge is 0.383 e. The summed E-state index contributed by atoms with van der Waals surface area (Å²) in [5, 5.41) is 9.12. The molecule has 31 heavy (non-hydrogen) atoms. The van der Waals surface area contributed by atoms with Crippen LogP contribution in [0.1, 0.15) is 12.0 Å². The first-order valence-electron chi connectivity index (χ1n) is 9.71. The molecule has 3 N–H and O–H groups in total. The van der Waals surface area contributed by atoms with E-state index in [2.05, 4.69) is 41.8 Å². The van der Waals surface area contributed by atoms with Crippen molar-refractivity contribution in [2.45, 2.75) is 19.4 Å². The molecule has 0 fully saturated rings. The summed E-state index contributed by atoms with van der Waals surface area (Å²) < 4.78 is 7.25. The third-order valence-corrected chi connectivity index (χ3v) is 5.39. The molecule has 3 aromatic rings. The van der Waals surface area contributed by atoms with Crippen LogP contribution < -0.4 is 21.5 Å². The first-order chi connectivity index (χ1) is 15.0. The van der Waals surface area contributed by atoms with E-state index >= 15 is 0 Å². The third-order valence-electron chi connectivity index (χ3n) is 4.81. The zero-order valence-corrected chi connectivity index (χ0v) is 18.4. The Morgan fingerprint density at radius 3 is 2.94 bits per heavy atom. The second kappa shape index (κ2) is 9.27. The van der Waals surface area contributed by atoms with E-state index in [0.29, 0.717) is 47.9 Å². The van der Waals surface area contributed by atoms with Crippen molar-refractivity contribution in [3.05, 3.63) is 63.1 Å². The van der Waals surface area contributed by atoms with Gasteiger partial charge in [0.2, 0.25) is 11.9 Å². The number of nitrogens with one attached hydrogen (secondary N) is 3. The zero-order valence-electron chi connectivity index (χ0n) is 16.8. The predicted octanol–water partition coefficient (Wildman–Crippen LogP) is 3.42. The van der Waals surface area contributed by atoms with Crippen molar-refractivity contribution in [2.75, 3.05) is 29.7 Å². The molecule has 0 unspecified atom stereocenters. The molecule has 0 atom stereocenters. The number of carbonyl (C=O) groups is 1. The smallest absolute Gasteiger partial charge is 0.274 e. The Kier molecular flexibility index (Phi) is 6.28. The van der Waals surface area contributed by atoms with Crippen molar-refractivity contribution in [1.82, 2.24) is 14.5 Å². The van der Waals surface area contributed by atoms with E-state index in [-0.39, 0.29) is 11.5 Å². The molecule has 2 aromatic heterocycles. The molecule has 9 nitrogen and oxygen atoms in total. The summed E-state index contributed by atoms with van der Waals surface area (Å²) in [5.41, 5.74) is 2.92. The number of hydrogen-bond donors (Lipinski definition) is 3. The normalized spacial score (nSPS) is 12.8. The summed E-state index contributed by atoms with van der Waals surface area (Å²) in [5.74, 6) is 0.868. The Balaban J connectivity index is 1.54. The average Bonchev–Trinajstić information content (AvgIpc) is 2.76. The first-order valence-corrected chi connectivity index (χ1v) is 10.5. The molecule has 10 heteroatoms. The molecule has 0 aliphatic carbocycles. The van der Waals surface area contributed by atoms with Crippen molar-refractivity contribution < 1.29 is 9.53 Å². The van der Waals surface area contributed by atoms with Crippen molar-refractivity contribution in [3.63, 3.8) is 0 Å². The van der Waals surface area contributed by atoms with Crippen molar-refractivity contribution >= 4 is 50.7 Å². The fourth-order valence-electron chi connectivity index (χ4n) is 3.23. The quantitative estimate of drug-likeness (QED) is 0.471. The van der Waals surface area contributed by atoms with E-state index < -0.39 is 0 Å². The van der Waals surface area contributed by atoms with Crippen LogP contribution in [0.5, 0.6) is 0 Å². The number of methoxy groups -OCH3 is 1. The number of fused-ring (bicyclic) bond motifs is 1. The predicted molar refractivity (Wildman–Crippen MR) is 122 cm³/mol. The summed E-state index contributed by atoms with van der Waals surface area (Å²) in [6.07, 6.45) is 4.49. The van der Waals surface area contributed by atoms with Crippen LogP contribution in [0.25, 0.3) is 0 Å². The minimum absolute atomic E-state index is 0.0300. The number of ether oxygens (including phenoxy) is 1. The number of aryl methyl sites for hydroxylation is 1. The van der Waals surface area contributed by atoms with E-state index in [4.69, 9.17) is 4.74 Å². The van der Waals surface area contributed by atoms with E-state index in [9.17, 15) is 9.59 Å². The average molecular weight is 485 g/mol. The van der Waals surface area contributed by atoms with Crippen LogP contribution >= 0.6 is 15.9 Å². The van der Waals surface area contributed by atoms with Gasteiger partial charge in [0.15, 0.2) is 5.82 Å². The highest BCUT2D eigenvalue weighted by molar-refractivity contribution is 9.10. The van der Waals surface area contributed by atoms with Crippen LogP contribution in [-0.2, 0) is 22.5 Å². The Labute approximate surface area is 187 Å². The minimum atomic E-state index is -0.170. The second-order valence-electron chi connectivity index (χ2n) is 6.97. The van der Waals surface area contributed by atoms with Crippen molar-refractivity contribution in [2.24, 2.45) is 0 Å². The zero-order chi connectivity index (χ0) is 21.8. The highest BCUT2D eigenvalue weighted by Gasteiger charge is 2.15. The molecule has 1 aliphatic rings. The lowest BCUT2D eigenvalue weighted by atomic mass is 10.0. The van der Waals surface area contributed by atoms with Gasteiger partial charge in [0.25, 0.3) is 5.56 Å². The van der Waals surface area contributed by atoms with Gasteiger partial charge in [-0.05, 0) is 58.2 Å². The second-order valence-corrected chi connectivity index (χ2v) is 7.83. The lowest BCUT2D eigenvalue weighted by Crippen LogP contribution is -2.23. The minimum Gasteiger partial charge on any atom is -0.383 e. The molecule has 4 rings (SSSR count). The number of aromatic nitrogens is 3. The Morgan fingerprint density at radius 2 is 2.10 bits per heavy atom. The molecule has 0 radical (unpaired) electrons. The number of hydrogen-bond acceptors (Lipinski definition) is 7. The number of nitrogens with zero attached hydrogens (tertiary/aromatic N) is 3. The van der Waals surface area contributed by atoms with Crippen LogP contribution in [0, 0.1) is 0 Å². The van der Waals surface area contributed by atoms with Gasteiger partial charge in [-0.1, -0.05) is 0 Å². The van der Waals surface area contributed by atoms with Gasteiger partial charge in [-0.25, -0.2) is 4.98 Å². The summed E-state index contributed by atoms with van der Waals surface area (Å²) in [7, 11) is 1.60.